The second-order valence-corrected chi connectivity index (χ2v) is 15.8. The van der Waals surface area contributed by atoms with Gasteiger partial charge in [-0.05, 0) is 128 Å². The molecular weight excluding hydrogens is 723 g/mol. The standard InChI is InChI=1S/C59H37N/c1-2-19-44-38(15-1)16-14-30-45(44)40-17-13-18-41(33-40)58-53-26-9-11-28-55(53)59(56-29-12-10-27-54(56)58)43-34-42(36-60-37-43)39-31-32-52-50-24-6-5-22-48(50)46-20-3-4-21-47(46)49-23-7-8-25-51(49)57(52)35-39/h1-37H. The van der Waals surface area contributed by atoms with Crippen LogP contribution >= 0.6 is 0 Å². The van der Waals surface area contributed by atoms with E-state index in [4.69, 9.17) is 4.98 Å². The minimum atomic E-state index is 1.09. The summed E-state index contributed by atoms with van der Waals surface area (Å²) in [5.41, 5.74) is 19.4. The summed E-state index contributed by atoms with van der Waals surface area (Å²) in [6.45, 7) is 0. The van der Waals surface area contributed by atoms with Crippen LogP contribution in [0.2, 0.25) is 0 Å². The molecule has 0 radical (unpaired) electrons. The Balaban J connectivity index is 1.03. The van der Waals surface area contributed by atoms with Crippen molar-refractivity contribution in [1.82, 2.24) is 4.98 Å². The third-order valence-electron chi connectivity index (χ3n) is 12.5. The van der Waals surface area contributed by atoms with Crippen molar-refractivity contribution in [3.8, 4) is 89.0 Å². The molecule has 0 saturated heterocycles. The summed E-state index contributed by atoms with van der Waals surface area (Å²) in [6, 6.07) is 77.9. The van der Waals surface area contributed by atoms with Crippen LogP contribution < -0.4 is 0 Å². The molecule has 0 N–H and O–H groups in total. The zero-order chi connectivity index (χ0) is 39.6. The van der Waals surface area contributed by atoms with Crippen molar-refractivity contribution in [2.24, 2.45) is 0 Å². The zero-order valence-electron chi connectivity index (χ0n) is 32.8. The van der Waals surface area contributed by atoms with Gasteiger partial charge >= 0.3 is 0 Å². The Kier molecular flexibility index (Phi) is 7.92. The fourth-order valence-corrected chi connectivity index (χ4v) is 9.84. The number of rotatable bonds is 4. The first kappa shape index (κ1) is 34.2. The van der Waals surface area contributed by atoms with Crippen LogP contribution in [0.1, 0.15) is 0 Å². The van der Waals surface area contributed by atoms with E-state index in [-0.39, 0.29) is 0 Å². The second kappa shape index (κ2) is 13.9. The Labute approximate surface area is 349 Å². The highest BCUT2D eigenvalue weighted by atomic mass is 14.6. The maximum Gasteiger partial charge on any atom is 0.0347 e. The first-order valence-corrected chi connectivity index (χ1v) is 20.7. The molecule has 0 amide bonds. The van der Waals surface area contributed by atoms with Crippen molar-refractivity contribution >= 4 is 32.3 Å². The van der Waals surface area contributed by atoms with Crippen molar-refractivity contribution < 1.29 is 0 Å². The molecule has 0 aliphatic heterocycles. The molecule has 1 heteroatoms. The number of aromatic nitrogens is 1. The lowest BCUT2D eigenvalue weighted by Crippen LogP contribution is -1.97. The molecular formula is C59H37N. The van der Waals surface area contributed by atoms with Crippen LogP contribution in [-0.4, -0.2) is 4.98 Å². The van der Waals surface area contributed by atoms with Gasteiger partial charge in [-0.2, -0.15) is 0 Å². The van der Waals surface area contributed by atoms with Gasteiger partial charge < -0.3 is 0 Å². The Morgan fingerprint density at radius 1 is 0.217 bits per heavy atom. The molecule has 0 saturated carbocycles. The molecule has 0 unspecified atom stereocenters. The van der Waals surface area contributed by atoms with E-state index in [0.717, 1.165) is 16.7 Å². The van der Waals surface area contributed by atoms with Gasteiger partial charge in [0.25, 0.3) is 0 Å². The predicted octanol–water partition coefficient (Wildman–Crippen LogP) is 16.2. The Morgan fingerprint density at radius 2 is 0.617 bits per heavy atom. The summed E-state index contributed by atoms with van der Waals surface area (Å²) in [6.07, 6.45) is 4.05. The van der Waals surface area contributed by atoms with E-state index < -0.39 is 0 Å². The van der Waals surface area contributed by atoms with Gasteiger partial charge in [0.05, 0.1) is 0 Å². The van der Waals surface area contributed by atoms with Gasteiger partial charge in [-0.3, -0.25) is 4.98 Å². The lowest BCUT2D eigenvalue weighted by molar-refractivity contribution is 1.33. The normalized spacial score (nSPS) is 11.7. The first-order valence-electron chi connectivity index (χ1n) is 20.7. The third-order valence-corrected chi connectivity index (χ3v) is 12.5. The predicted molar refractivity (Wildman–Crippen MR) is 254 cm³/mol. The lowest BCUT2D eigenvalue weighted by atomic mass is 9.80. The number of fused-ring (bicyclic) bond motifs is 11. The largest absolute Gasteiger partial charge is 0.263 e. The zero-order valence-corrected chi connectivity index (χ0v) is 32.8. The first-order chi connectivity index (χ1) is 29.8. The number of hydrogen-bond acceptors (Lipinski definition) is 1. The molecule has 0 atom stereocenters. The molecule has 11 aromatic rings. The maximum atomic E-state index is 4.96. The molecule has 0 bridgehead atoms. The minimum Gasteiger partial charge on any atom is -0.263 e. The van der Waals surface area contributed by atoms with Gasteiger partial charge in [-0.1, -0.05) is 194 Å². The van der Waals surface area contributed by atoms with E-state index in [1.807, 2.05) is 12.4 Å². The van der Waals surface area contributed by atoms with Crippen LogP contribution in [0.3, 0.4) is 0 Å². The van der Waals surface area contributed by atoms with Crippen LogP contribution in [0.25, 0.3) is 121 Å². The highest BCUT2D eigenvalue weighted by Gasteiger charge is 2.23. The SMILES string of the molecule is c1cc(-c2cccc3ccccc23)cc(-c2c3ccccc3c(-c3cncc(-c4ccc5c(c4)-c4ccccc4-c4ccccc4-c4ccccc4-5)c3)c3ccccc23)c1. The number of benzene rings is 10. The fraction of sp³-hybridized carbons (Fsp3) is 0. The Morgan fingerprint density at radius 3 is 1.22 bits per heavy atom. The topological polar surface area (TPSA) is 12.9 Å². The van der Waals surface area contributed by atoms with Crippen LogP contribution in [0.15, 0.2) is 225 Å². The van der Waals surface area contributed by atoms with E-state index >= 15 is 0 Å². The van der Waals surface area contributed by atoms with Gasteiger partial charge in [0, 0.05) is 23.5 Å². The summed E-state index contributed by atoms with van der Waals surface area (Å²) >= 11 is 0. The van der Waals surface area contributed by atoms with E-state index in [0.29, 0.717) is 0 Å². The molecule has 1 aromatic heterocycles. The Bertz CT molecular complexity index is 3430. The molecule has 1 aliphatic carbocycles. The van der Waals surface area contributed by atoms with Gasteiger partial charge in [0.1, 0.15) is 0 Å². The molecule has 0 spiro atoms. The Hall–Kier alpha value is -7.87. The van der Waals surface area contributed by atoms with Crippen molar-refractivity contribution in [3.63, 3.8) is 0 Å². The van der Waals surface area contributed by atoms with Gasteiger partial charge in [0.15, 0.2) is 0 Å². The smallest absolute Gasteiger partial charge is 0.0347 e. The van der Waals surface area contributed by atoms with Gasteiger partial charge in [-0.15, -0.1) is 0 Å². The minimum absolute atomic E-state index is 1.09. The van der Waals surface area contributed by atoms with Crippen molar-refractivity contribution in [3.05, 3.63) is 225 Å². The highest BCUT2D eigenvalue weighted by Crippen LogP contribution is 2.49. The number of pyridine rings is 1. The van der Waals surface area contributed by atoms with Crippen LogP contribution in [0, 0.1) is 0 Å². The van der Waals surface area contributed by atoms with E-state index in [2.05, 4.69) is 212 Å². The van der Waals surface area contributed by atoms with E-state index in [1.165, 1.54) is 105 Å². The molecule has 278 valence electrons. The molecule has 10 aromatic carbocycles. The fourth-order valence-electron chi connectivity index (χ4n) is 9.84. The van der Waals surface area contributed by atoms with Crippen LogP contribution in [0.5, 0.6) is 0 Å². The number of hydrogen-bond donors (Lipinski definition) is 0. The summed E-state index contributed by atoms with van der Waals surface area (Å²) in [4.78, 5) is 4.96. The van der Waals surface area contributed by atoms with Crippen LogP contribution in [0.4, 0.5) is 0 Å². The van der Waals surface area contributed by atoms with Crippen molar-refractivity contribution in [2.75, 3.05) is 0 Å². The summed E-state index contributed by atoms with van der Waals surface area (Å²) in [5, 5.41) is 7.38. The lowest BCUT2D eigenvalue weighted by Gasteiger charge is -2.23. The third kappa shape index (κ3) is 5.44. The molecule has 1 aliphatic rings. The van der Waals surface area contributed by atoms with Gasteiger partial charge in [0.2, 0.25) is 0 Å². The van der Waals surface area contributed by atoms with Gasteiger partial charge in [-0.25, -0.2) is 0 Å². The van der Waals surface area contributed by atoms with E-state index in [1.54, 1.807) is 0 Å². The van der Waals surface area contributed by atoms with Crippen molar-refractivity contribution in [2.45, 2.75) is 0 Å². The maximum absolute atomic E-state index is 4.96. The quantitative estimate of drug-likeness (QED) is 0.163. The monoisotopic (exact) mass is 759 g/mol. The number of nitrogens with zero attached hydrogens (tertiary/aromatic N) is 1. The van der Waals surface area contributed by atoms with Crippen molar-refractivity contribution in [1.29, 1.82) is 0 Å². The average Bonchev–Trinajstić information content (AvgIpc) is 3.32. The molecule has 60 heavy (non-hydrogen) atoms. The van der Waals surface area contributed by atoms with E-state index in [9.17, 15) is 0 Å². The molecule has 12 rings (SSSR count). The molecule has 1 heterocycles. The summed E-state index contributed by atoms with van der Waals surface area (Å²) in [7, 11) is 0. The van der Waals surface area contributed by atoms with Crippen LogP contribution in [-0.2, 0) is 0 Å². The molecule has 0 fully saturated rings. The molecule has 1 nitrogen and oxygen atoms in total. The second-order valence-electron chi connectivity index (χ2n) is 15.8. The summed E-state index contributed by atoms with van der Waals surface area (Å²) < 4.78 is 0. The summed E-state index contributed by atoms with van der Waals surface area (Å²) in [5.74, 6) is 0. The average molecular weight is 760 g/mol. The highest BCUT2D eigenvalue weighted by molar-refractivity contribution is 6.21.